The summed E-state index contributed by atoms with van der Waals surface area (Å²) in [6.45, 7) is 9.71. The van der Waals surface area contributed by atoms with Gasteiger partial charge in [0, 0.05) is 76.0 Å². The molecule has 2 saturated heterocycles. The number of sulfonamides is 1. The molecule has 1 N–H and O–H groups in total. The number of piperidine rings is 1. The summed E-state index contributed by atoms with van der Waals surface area (Å²) in [5.41, 5.74) is 2.98. The smallest absolute Gasteiger partial charge is 0.264 e. The van der Waals surface area contributed by atoms with Crippen LogP contribution in [0.15, 0.2) is 48.6 Å². The zero-order chi connectivity index (χ0) is 38.0. The van der Waals surface area contributed by atoms with Crippen LogP contribution in [-0.2, 0) is 27.6 Å². The fourth-order valence-electron chi connectivity index (χ4n) is 9.54. The highest BCUT2D eigenvalue weighted by atomic mass is 35.5. The van der Waals surface area contributed by atoms with E-state index in [1.807, 2.05) is 32.2 Å². The number of halogens is 2. The van der Waals surface area contributed by atoms with Gasteiger partial charge in [-0.1, -0.05) is 36.7 Å². The van der Waals surface area contributed by atoms with Crippen LogP contribution in [0.4, 0.5) is 10.1 Å². The minimum atomic E-state index is -3.98. The van der Waals surface area contributed by atoms with Gasteiger partial charge in [-0.05, 0) is 118 Å². The second-order valence-electron chi connectivity index (χ2n) is 16.5. The van der Waals surface area contributed by atoms with Crippen molar-refractivity contribution in [3.05, 3.63) is 70.3 Å². The molecule has 1 saturated carbocycles. The Balaban J connectivity index is 1.23. The van der Waals surface area contributed by atoms with Crippen LogP contribution in [0.2, 0.25) is 5.02 Å². The van der Waals surface area contributed by atoms with Crippen LogP contribution in [-0.4, -0.2) is 107 Å². The van der Waals surface area contributed by atoms with Gasteiger partial charge < -0.3 is 14.4 Å². The number of aryl methyl sites for hydroxylation is 1. The molecule has 7 atom stereocenters. The van der Waals surface area contributed by atoms with E-state index in [9.17, 15) is 17.6 Å². The fourth-order valence-corrected chi connectivity index (χ4v) is 11.0. The Hall–Kier alpha value is -2.70. The second-order valence-corrected chi connectivity index (χ2v) is 19.0. The molecule has 2 bridgehead atoms. The molecule has 7 rings (SSSR count). The van der Waals surface area contributed by atoms with E-state index in [2.05, 4.69) is 43.7 Å². The zero-order valence-corrected chi connectivity index (χ0v) is 33.7. The maximum absolute atomic E-state index is 14.6. The van der Waals surface area contributed by atoms with E-state index < -0.39 is 33.0 Å². The summed E-state index contributed by atoms with van der Waals surface area (Å²) < 4.78 is 57.3. The Bertz CT molecular complexity index is 1800. The van der Waals surface area contributed by atoms with Crippen molar-refractivity contribution in [3.63, 3.8) is 0 Å². The molecule has 3 fully saturated rings. The number of nitrogens with zero attached hydrogens (tertiary/aromatic N) is 3. The van der Waals surface area contributed by atoms with Crippen molar-refractivity contribution in [2.45, 2.75) is 94.7 Å². The highest BCUT2D eigenvalue weighted by Crippen LogP contribution is 2.47. The molecule has 9 nitrogen and oxygen atoms in total. The maximum Gasteiger partial charge on any atom is 0.264 e. The predicted octanol–water partition coefficient (Wildman–Crippen LogP) is 6.68. The molecular weight excluding hydrogens is 727 g/mol. The van der Waals surface area contributed by atoms with E-state index in [-0.39, 0.29) is 17.9 Å². The van der Waals surface area contributed by atoms with E-state index in [1.54, 1.807) is 13.0 Å². The van der Waals surface area contributed by atoms with E-state index in [0.29, 0.717) is 49.6 Å². The number of nitrogens with one attached hydrogen (secondary N) is 1. The van der Waals surface area contributed by atoms with E-state index in [0.717, 1.165) is 88.5 Å². The number of amides is 1. The van der Waals surface area contributed by atoms with Gasteiger partial charge in [0.2, 0.25) is 10.0 Å². The van der Waals surface area contributed by atoms with Crippen molar-refractivity contribution in [2.24, 2.45) is 17.8 Å². The van der Waals surface area contributed by atoms with Crippen LogP contribution in [0, 0.1) is 17.8 Å². The van der Waals surface area contributed by atoms with Gasteiger partial charge in [-0.25, -0.2) is 17.5 Å². The van der Waals surface area contributed by atoms with Gasteiger partial charge in [-0.15, -0.1) is 0 Å². The van der Waals surface area contributed by atoms with E-state index >= 15 is 0 Å². The lowest BCUT2D eigenvalue weighted by atomic mass is 9.63. The van der Waals surface area contributed by atoms with Gasteiger partial charge in [0.05, 0.1) is 17.5 Å². The van der Waals surface area contributed by atoms with Gasteiger partial charge in [-0.3, -0.25) is 14.6 Å². The number of allylic oxidation sites excluding steroid dienone is 1. The number of methoxy groups -OCH3 is 1. The van der Waals surface area contributed by atoms with Crippen LogP contribution in [0.1, 0.15) is 80.3 Å². The highest BCUT2D eigenvalue weighted by molar-refractivity contribution is 7.90. The molecule has 54 heavy (non-hydrogen) atoms. The molecule has 1 amide bonds. The number of fused-ring (bicyclic) bond motifs is 4. The maximum atomic E-state index is 14.6. The Morgan fingerprint density at radius 3 is 2.65 bits per heavy atom. The van der Waals surface area contributed by atoms with Gasteiger partial charge in [0.25, 0.3) is 5.91 Å². The van der Waals surface area contributed by atoms with Gasteiger partial charge in [0.15, 0.2) is 0 Å². The first-order chi connectivity index (χ1) is 25.9. The van der Waals surface area contributed by atoms with Crippen LogP contribution >= 0.6 is 11.6 Å². The lowest BCUT2D eigenvalue weighted by Gasteiger charge is -2.53. The third-order valence-electron chi connectivity index (χ3n) is 13.2. The first-order valence-electron chi connectivity index (χ1n) is 20.1. The molecule has 0 aromatic heterocycles. The van der Waals surface area contributed by atoms with Crippen molar-refractivity contribution in [1.29, 1.82) is 0 Å². The number of hydrogen-bond acceptors (Lipinski definition) is 8. The average Bonchev–Trinajstić information content (AvgIpc) is 3.13. The van der Waals surface area contributed by atoms with Gasteiger partial charge >= 0.3 is 0 Å². The standard InChI is InChI=1S/C42H58ClFN4O5S/c1-29-7-6-17-42(52-3,28-46-20-21-47-19-15-36(44)25-37(47)27-46)38-13-10-34(38)26-48-18-5-4-8-32-23-35(43)12-9-31(32)16-22-53-40-14-11-33(24-39(40)48)41(49)45-54(50,51)30(29)2/h6,9,11-12,14,17,23-24,29-30,34,36-38H,4-5,7-8,10,13,15-16,18-22,25-28H2,1-3H3,(H,45,49)/b17-6+/t29-,30+,34-,36+,37-,38+,42+/m0/s1. The zero-order valence-electron chi connectivity index (χ0n) is 32.2. The summed E-state index contributed by atoms with van der Waals surface area (Å²) in [7, 11) is -2.16. The van der Waals surface area contributed by atoms with Crippen molar-refractivity contribution < 1.29 is 27.1 Å². The Kier molecular flexibility index (Phi) is 12.3. The van der Waals surface area contributed by atoms with E-state index in [1.165, 1.54) is 11.1 Å². The first kappa shape index (κ1) is 39.5. The van der Waals surface area contributed by atoms with E-state index in [4.69, 9.17) is 21.1 Å². The molecule has 2 aromatic carbocycles. The number of hydrogen-bond donors (Lipinski definition) is 1. The third kappa shape index (κ3) is 8.65. The fraction of sp³-hybridized carbons (Fsp3) is 0.643. The molecule has 296 valence electrons. The predicted molar refractivity (Wildman–Crippen MR) is 213 cm³/mol. The number of carbonyl (C=O) groups is 1. The summed E-state index contributed by atoms with van der Waals surface area (Å²) in [6, 6.07) is 11.6. The SMILES string of the molecule is CO[C@@]1(CN2CCN3CC[C@@H](F)C[C@H]3C2)/C=C/C[C@H](C)[C@@H](C)S(=O)(=O)NC(=O)c2ccc3c(c2)N(CCCCc2cc(Cl)ccc2CCO3)C[C@@H]2CC[C@H]21. The Labute approximate surface area is 326 Å². The lowest BCUT2D eigenvalue weighted by molar-refractivity contribution is -0.101. The Morgan fingerprint density at radius 2 is 1.85 bits per heavy atom. The molecule has 12 heteroatoms. The third-order valence-corrected chi connectivity index (χ3v) is 15.4. The summed E-state index contributed by atoms with van der Waals surface area (Å²) in [6.07, 6.45) is 10.9. The molecule has 4 heterocycles. The minimum absolute atomic E-state index is 0.209. The van der Waals surface area contributed by atoms with Crippen LogP contribution < -0.4 is 14.4 Å². The normalized spacial score (nSPS) is 33.3. The van der Waals surface area contributed by atoms with Crippen LogP contribution in [0.5, 0.6) is 5.75 Å². The minimum Gasteiger partial charge on any atom is -0.491 e. The number of ether oxygens (including phenoxy) is 2. The number of alkyl halides is 1. The Morgan fingerprint density at radius 1 is 1.00 bits per heavy atom. The molecule has 0 radical (unpaired) electrons. The van der Waals surface area contributed by atoms with Crippen LogP contribution in [0.3, 0.4) is 0 Å². The number of piperazine rings is 1. The van der Waals surface area contributed by atoms with Gasteiger partial charge in [0.1, 0.15) is 17.5 Å². The molecule has 1 aliphatic carbocycles. The van der Waals surface area contributed by atoms with Gasteiger partial charge in [-0.2, -0.15) is 0 Å². The second kappa shape index (κ2) is 16.8. The summed E-state index contributed by atoms with van der Waals surface area (Å²) >= 11 is 6.42. The monoisotopic (exact) mass is 784 g/mol. The molecular formula is C42H58ClFN4O5S. The summed E-state index contributed by atoms with van der Waals surface area (Å²) in [4.78, 5) is 20.9. The molecule has 5 aliphatic rings. The topological polar surface area (TPSA) is 91.4 Å². The van der Waals surface area contributed by atoms with Crippen LogP contribution in [0.25, 0.3) is 0 Å². The number of rotatable bonds is 3. The number of anilines is 1. The highest BCUT2D eigenvalue weighted by Gasteiger charge is 2.49. The number of benzene rings is 2. The lowest BCUT2D eigenvalue weighted by Crippen LogP contribution is -2.61. The quantitative estimate of drug-likeness (QED) is 0.345. The largest absolute Gasteiger partial charge is 0.491 e. The average molecular weight is 785 g/mol. The molecule has 4 aliphatic heterocycles. The summed E-state index contributed by atoms with van der Waals surface area (Å²) in [5.74, 6) is 0.322. The summed E-state index contributed by atoms with van der Waals surface area (Å²) in [5, 5.41) is -0.0636. The molecule has 0 spiro atoms. The van der Waals surface area contributed by atoms with Crippen molar-refractivity contribution in [2.75, 3.05) is 64.4 Å². The van der Waals surface area contributed by atoms with Crippen molar-refractivity contribution in [3.8, 4) is 5.75 Å². The molecule has 2 aromatic rings. The van der Waals surface area contributed by atoms with Crippen molar-refractivity contribution in [1.82, 2.24) is 14.5 Å². The first-order valence-corrected chi connectivity index (χ1v) is 22.1. The number of carbonyl (C=O) groups excluding carboxylic acids is 1. The molecule has 0 unspecified atom stereocenters. The van der Waals surface area contributed by atoms with Crippen molar-refractivity contribution >= 4 is 33.2 Å².